The summed E-state index contributed by atoms with van der Waals surface area (Å²) in [5, 5.41) is 7.34. The van der Waals surface area contributed by atoms with Crippen molar-refractivity contribution in [2.75, 3.05) is 25.1 Å². The van der Waals surface area contributed by atoms with E-state index in [0.29, 0.717) is 19.6 Å². The number of carbonyl (C=O) groups is 1. The molecule has 7 nitrogen and oxygen atoms in total. The molecule has 160 valence electrons. The average molecular weight is 418 g/mol. The topological polar surface area (TPSA) is 76.5 Å². The van der Waals surface area contributed by atoms with Gasteiger partial charge in [-0.05, 0) is 29.7 Å². The molecule has 0 aliphatic carbocycles. The van der Waals surface area contributed by atoms with E-state index >= 15 is 0 Å². The van der Waals surface area contributed by atoms with Crippen molar-refractivity contribution < 1.29 is 9.53 Å². The molecule has 1 aliphatic rings. The van der Waals surface area contributed by atoms with Gasteiger partial charge in [-0.2, -0.15) is 5.10 Å². The molecule has 1 atom stereocenters. The van der Waals surface area contributed by atoms with Gasteiger partial charge in [0.2, 0.25) is 5.91 Å². The molecule has 7 heteroatoms. The molecule has 1 unspecified atom stereocenters. The molecule has 1 fully saturated rings. The van der Waals surface area contributed by atoms with Gasteiger partial charge in [-0.25, -0.2) is 4.68 Å². The molecular weight excluding hydrogens is 392 g/mol. The van der Waals surface area contributed by atoms with E-state index in [1.165, 1.54) is 4.68 Å². The first-order valence-corrected chi connectivity index (χ1v) is 10.4. The lowest BCUT2D eigenvalue weighted by Crippen LogP contribution is -2.33. The molecular formula is C24H26N4O3. The van der Waals surface area contributed by atoms with E-state index in [9.17, 15) is 9.59 Å². The minimum absolute atomic E-state index is 0.0238. The molecule has 4 rings (SSSR count). The first-order chi connectivity index (χ1) is 15.1. The third-order valence-electron chi connectivity index (χ3n) is 5.56. The second-order valence-corrected chi connectivity index (χ2v) is 7.70. The van der Waals surface area contributed by atoms with Gasteiger partial charge in [0.1, 0.15) is 5.75 Å². The number of hydrogen-bond acceptors (Lipinski definition) is 5. The summed E-state index contributed by atoms with van der Waals surface area (Å²) in [4.78, 5) is 27.2. The summed E-state index contributed by atoms with van der Waals surface area (Å²) in [6.45, 7) is 2.20. The van der Waals surface area contributed by atoms with Gasteiger partial charge in [-0.3, -0.25) is 9.59 Å². The maximum absolute atomic E-state index is 12.6. The highest BCUT2D eigenvalue weighted by Gasteiger charge is 2.28. The molecule has 1 aliphatic heterocycles. The molecule has 0 spiro atoms. The van der Waals surface area contributed by atoms with Crippen LogP contribution in [0.15, 0.2) is 71.7 Å². The highest BCUT2D eigenvalue weighted by atomic mass is 16.5. The van der Waals surface area contributed by atoms with E-state index < -0.39 is 0 Å². The Labute approximate surface area is 181 Å². The van der Waals surface area contributed by atoms with Crippen LogP contribution in [0, 0.1) is 5.92 Å². The largest absolute Gasteiger partial charge is 0.497 e. The Bertz CT molecular complexity index is 1100. The molecule has 1 amide bonds. The van der Waals surface area contributed by atoms with Crippen LogP contribution in [0.1, 0.15) is 17.5 Å². The fourth-order valence-corrected chi connectivity index (χ4v) is 3.80. The minimum Gasteiger partial charge on any atom is -0.497 e. The van der Waals surface area contributed by atoms with E-state index in [1.54, 1.807) is 19.4 Å². The summed E-state index contributed by atoms with van der Waals surface area (Å²) in [5.41, 5.74) is 2.64. The van der Waals surface area contributed by atoms with Crippen LogP contribution >= 0.6 is 0 Å². The van der Waals surface area contributed by atoms with Gasteiger partial charge in [0.25, 0.3) is 5.56 Å². The summed E-state index contributed by atoms with van der Waals surface area (Å²) in [6, 6.07) is 19.0. The van der Waals surface area contributed by atoms with E-state index in [1.807, 2.05) is 54.6 Å². The number of nitrogens with one attached hydrogen (secondary N) is 1. The SMILES string of the molecule is COc1cccc(CNC(=O)C2CCN(c3cnn(Cc4ccccc4)c(=O)c3)C2)c1. The van der Waals surface area contributed by atoms with Gasteiger partial charge >= 0.3 is 0 Å². The van der Waals surface area contributed by atoms with Gasteiger partial charge in [0.05, 0.1) is 31.5 Å². The van der Waals surface area contributed by atoms with Gasteiger partial charge < -0.3 is 15.0 Å². The molecule has 2 aromatic carbocycles. The molecule has 2 heterocycles. The molecule has 0 radical (unpaired) electrons. The van der Waals surface area contributed by atoms with Crippen LogP contribution in [-0.2, 0) is 17.9 Å². The van der Waals surface area contributed by atoms with Crippen molar-refractivity contribution in [1.29, 1.82) is 0 Å². The van der Waals surface area contributed by atoms with Gasteiger partial charge in [0.15, 0.2) is 0 Å². The number of aromatic nitrogens is 2. The number of methoxy groups -OCH3 is 1. The van der Waals surface area contributed by atoms with Crippen molar-refractivity contribution in [1.82, 2.24) is 15.1 Å². The maximum atomic E-state index is 12.6. The Balaban J connectivity index is 1.34. The zero-order chi connectivity index (χ0) is 21.6. The first-order valence-electron chi connectivity index (χ1n) is 10.4. The average Bonchev–Trinajstić information content (AvgIpc) is 3.30. The number of benzene rings is 2. The van der Waals surface area contributed by atoms with E-state index in [-0.39, 0.29) is 17.4 Å². The Morgan fingerprint density at radius 2 is 1.94 bits per heavy atom. The minimum atomic E-state index is -0.146. The number of ether oxygens (including phenoxy) is 1. The first kappa shape index (κ1) is 20.7. The van der Waals surface area contributed by atoms with Gasteiger partial charge in [0, 0.05) is 25.7 Å². The fourth-order valence-electron chi connectivity index (χ4n) is 3.80. The molecule has 0 saturated carbocycles. The van der Waals surface area contributed by atoms with Crippen molar-refractivity contribution in [2.24, 2.45) is 5.92 Å². The molecule has 0 bridgehead atoms. The number of amides is 1. The number of rotatable bonds is 7. The molecule has 1 saturated heterocycles. The standard InChI is InChI=1S/C24H26N4O3/c1-31-22-9-5-8-19(12-22)14-25-24(30)20-10-11-27(17-20)21-13-23(29)28(26-15-21)16-18-6-3-2-4-7-18/h2-9,12-13,15,20H,10-11,14,16-17H2,1H3,(H,25,30). The Morgan fingerprint density at radius 1 is 1.13 bits per heavy atom. The predicted molar refractivity (Wildman–Crippen MR) is 119 cm³/mol. The number of nitrogens with zero attached hydrogens (tertiary/aromatic N) is 3. The Morgan fingerprint density at radius 3 is 2.71 bits per heavy atom. The second-order valence-electron chi connectivity index (χ2n) is 7.70. The molecule has 1 N–H and O–H groups in total. The van der Waals surface area contributed by atoms with Crippen LogP contribution in [0.2, 0.25) is 0 Å². The lowest BCUT2D eigenvalue weighted by molar-refractivity contribution is -0.124. The van der Waals surface area contributed by atoms with Gasteiger partial charge in [-0.15, -0.1) is 0 Å². The van der Waals surface area contributed by atoms with Crippen LogP contribution in [0.4, 0.5) is 5.69 Å². The third kappa shape index (κ3) is 5.12. The zero-order valence-electron chi connectivity index (χ0n) is 17.5. The highest BCUT2D eigenvalue weighted by molar-refractivity contribution is 5.80. The van der Waals surface area contributed by atoms with Crippen molar-refractivity contribution in [3.63, 3.8) is 0 Å². The van der Waals surface area contributed by atoms with Crippen LogP contribution < -0.4 is 20.5 Å². The fraction of sp³-hybridized carbons (Fsp3) is 0.292. The molecule has 31 heavy (non-hydrogen) atoms. The summed E-state index contributed by atoms with van der Waals surface area (Å²) < 4.78 is 6.67. The van der Waals surface area contributed by atoms with Gasteiger partial charge in [-0.1, -0.05) is 42.5 Å². The second kappa shape index (κ2) is 9.47. The highest BCUT2D eigenvalue weighted by Crippen LogP contribution is 2.22. The van der Waals surface area contributed by atoms with E-state index in [0.717, 1.165) is 35.5 Å². The van der Waals surface area contributed by atoms with Crippen LogP contribution in [0.5, 0.6) is 5.75 Å². The zero-order valence-corrected chi connectivity index (χ0v) is 17.5. The normalized spacial score (nSPS) is 15.6. The van der Waals surface area contributed by atoms with Crippen LogP contribution in [-0.4, -0.2) is 35.9 Å². The number of hydrogen-bond donors (Lipinski definition) is 1. The summed E-state index contributed by atoms with van der Waals surface area (Å²) in [5.74, 6) is 0.682. The summed E-state index contributed by atoms with van der Waals surface area (Å²) in [6.07, 6.45) is 2.46. The van der Waals surface area contributed by atoms with Crippen molar-refractivity contribution in [3.8, 4) is 5.75 Å². The number of carbonyl (C=O) groups excluding carboxylic acids is 1. The van der Waals surface area contributed by atoms with Crippen molar-refractivity contribution in [2.45, 2.75) is 19.5 Å². The van der Waals surface area contributed by atoms with Crippen LogP contribution in [0.25, 0.3) is 0 Å². The smallest absolute Gasteiger partial charge is 0.269 e. The lowest BCUT2D eigenvalue weighted by atomic mass is 10.1. The van der Waals surface area contributed by atoms with Crippen molar-refractivity contribution in [3.05, 3.63) is 88.3 Å². The third-order valence-corrected chi connectivity index (χ3v) is 5.56. The summed E-state index contributed by atoms with van der Waals surface area (Å²) >= 11 is 0. The van der Waals surface area contributed by atoms with Crippen molar-refractivity contribution >= 4 is 11.6 Å². The lowest BCUT2D eigenvalue weighted by Gasteiger charge is -2.18. The maximum Gasteiger partial charge on any atom is 0.269 e. The monoisotopic (exact) mass is 418 g/mol. The van der Waals surface area contributed by atoms with Crippen LogP contribution in [0.3, 0.4) is 0 Å². The predicted octanol–water partition coefficient (Wildman–Crippen LogP) is 2.44. The molecule has 3 aromatic rings. The Kier molecular flexibility index (Phi) is 6.31. The summed E-state index contributed by atoms with van der Waals surface area (Å²) in [7, 11) is 1.62. The van der Waals surface area contributed by atoms with E-state index in [2.05, 4.69) is 15.3 Å². The number of anilines is 1. The quantitative estimate of drug-likeness (QED) is 0.638. The molecule has 1 aromatic heterocycles. The Hall–Kier alpha value is -3.61. The van der Waals surface area contributed by atoms with E-state index in [4.69, 9.17) is 4.74 Å².